The predicted octanol–water partition coefficient (Wildman–Crippen LogP) is 2.75. The van der Waals surface area contributed by atoms with Crippen molar-refractivity contribution < 1.29 is 19.1 Å². The van der Waals surface area contributed by atoms with E-state index in [1.807, 2.05) is 0 Å². The summed E-state index contributed by atoms with van der Waals surface area (Å²) in [7, 11) is 0. The number of nitrogens with zero attached hydrogens (tertiary/aromatic N) is 3. The number of allylic oxidation sites excluding steroid dienone is 1. The van der Waals surface area contributed by atoms with Crippen molar-refractivity contribution in [1.82, 2.24) is 14.8 Å². The first-order valence-electron chi connectivity index (χ1n) is 9.77. The van der Waals surface area contributed by atoms with E-state index < -0.39 is 23.5 Å². The molecule has 1 N–H and O–H groups in total. The Morgan fingerprint density at radius 2 is 1.97 bits per heavy atom. The molecule has 0 aromatic carbocycles. The minimum absolute atomic E-state index is 0.0884. The smallest absolute Gasteiger partial charge is 0.290 e. The summed E-state index contributed by atoms with van der Waals surface area (Å²) >= 11 is 0. The molecular formula is C22H23N3O4. The third-order valence-electron chi connectivity index (χ3n) is 5.39. The first-order valence-corrected chi connectivity index (χ1v) is 9.77. The molecule has 1 amide bonds. The van der Waals surface area contributed by atoms with E-state index in [0.29, 0.717) is 18.8 Å². The van der Waals surface area contributed by atoms with Crippen molar-refractivity contribution >= 4 is 17.8 Å². The Bertz CT molecular complexity index is 928. The van der Waals surface area contributed by atoms with Gasteiger partial charge < -0.3 is 19.3 Å². The molecule has 1 fully saturated rings. The highest BCUT2D eigenvalue weighted by Crippen LogP contribution is 2.37. The van der Waals surface area contributed by atoms with Crippen LogP contribution in [-0.2, 0) is 9.59 Å². The number of aliphatic hydroxyl groups is 1. The third kappa shape index (κ3) is 4.00. The maximum atomic E-state index is 12.9. The Hall–Kier alpha value is -3.19. The van der Waals surface area contributed by atoms with Crippen LogP contribution in [0.25, 0.3) is 6.08 Å². The minimum Gasteiger partial charge on any atom is -0.503 e. The third-order valence-corrected chi connectivity index (χ3v) is 5.39. The van der Waals surface area contributed by atoms with Crippen molar-refractivity contribution in [2.24, 2.45) is 0 Å². The number of carbonyl (C=O) groups is 2. The van der Waals surface area contributed by atoms with Crippen molar-refractivity contribution in [3.63, 3.8) is 0 Å². The summed E-state index contributed by atoms with van der Waals surface area (Å²) in [5, 5.41) is 10.6. The van der Waals surface area contributed by atoms with Crippen molar-refractivity contribution in [2.45, 2.75) is 18.9 Å². The van der Waals surface area contributed by atoms with Gasteiger partial charge in [0.25, 0.3) is 5.91 Å². The fourth-order valence-corrected chi connectivity index (χ4v) is 3.92. The molecule has 1 atom stereocenters. The fraction of sp³-hybridized carbons (Fsp3) is 0.318. The number of amides is 1. The van der Waals surface area contributed by atoms with Crippen molar-refractivity contribution in [2.75, 3.05) is 26.2 Å². The Morgan fingerprint density at radius 3 is 2.66 bits per heavy atom. The molecule has 29 heavy (non-hydrogen) atoms. The molecular weight excluding hydrogens is 370 g/mol. The number of pyridine rings is 1. The van der Waals surface area contributed by atoms with Crippen LogP contribution in [0.2, 0.25) is 0 Å². The van der Waals surface area contributed by atoms with Crippen LogP contribution in [0.15, 0.2) is 64.7 Å². The lowest BCUT2D eigenvalue weighted by molar-refractivity contribution is -0.129. The van der Waals surface area contributed by atoms with E-state index in [1.54, 1.807) is 41.6 Å². The monoisotopic (exact) mass is 393 g/mol. The van der Waals surface area contributed by atoms with Crippen LogP contribution in [0.5, 0.6) is 0 Å². The van der Waals surface area contributed by atoms with Gasteiger partial charge in [0.1, 0.15) is 5.76 Å². The molecule has 0 bridgehead atoms. The van der Waals surface area contributed by atoms with E-state index >= 15 is 0 Å². The van der Waals surface area contributed by atoms with Crippen LogP contribution < -0.4 is 0 Å². The second-order valence-electron chi connectivity index (χ2n) is 7.21. The molecule has 0 radical (unpaired) electrons. The highest BCUT2D eigenvalue weighted by Gasteiger charge is 2.42. The molecule has 2 aliphatic rings. The second-order valence-corrected chi connectivity index (χ2v) is 7.21. The topological polar surface area (TPSA) is 86.9 Å². The SMILES string of the molecule is O=C(/C=C/c1ccco1)C1=C(O)C(=O)N(CCN2CCCC2)C1c1ccncc1. The Kier molecular flexibility index (Phi) is 5.57. The van der Waals surface area contributed by atoms with Gasteiger partial charge in [-0.05, 0) is 67.9 Å². The van der Waals surface area contributed by atoms with Gasteiger partial charge in [0.15, 0.2) is 11.5 Å². The van der Waals surface area contributed by atoms with Gasteiger partial charge in [-0.25, -0.2) is 0 Å². The van der Waals surface area contributed by atoms with Crippen molar-refractivity contribution in [3.8, 4) is 0 Å². The average molecular weight is 393 g/mol. The van der Waals surface area contributed by atoms with Crippen LogP contribution >= 0.6 is 0 Å². The van der Waals surface area contributed by atoms with E-state index in [9.17, 15) is 14.7 Å². The van der Waals surface area contributed by atoms with Crippen LogP contribution in [0.3, 0.4) is 0 Å². The van der Waals surface area contributed by atoms with Crippen LogP contribution in [0.1, 0.15) is 30.2 Å². The number of carbonyl (C=O) groups excluding carboxylic acids is 2. The van der Waals surface area contributed by atoms with Gasteiger partial charge in [-0.2, -0.15) is 0 Å². The van der Waals surface area contributed by atoms with Gasteiger partial charge in [0, 0.05) is 25.5 Å². The average Bonchev–Trinajstić information content (AvgIpc) is 3.49. The molecule has 2 aliphatic heterocycles. The zero-order chi connectivity index (χ0) is 20.2. The summed E-state index contributed by atoms with van der Waals surface area (Å²) in [5.74, 6) is -0.894. The van der Waals surface area contributed by atoms with Gasteiger partial charge in [0.05, 0.1) is 17.9 Å². The van der Waals surface area contributed by atoms with E-state index in [2.05, 4.69) is 9.88 Å². The normalized spacial score (nSPS) is 20.3. The molecule has 0 aliphatic carbocycles. The molecule has 2 aromatic heterocycles. The molecule has 150 valence electrons. The summed E-state index contributed by atoms with van der Waals surface area (Å²) in [5.41, 5.74) is 0.832. The Morgan fingerprint density at radius 1 is 1.21 bits per heavy atom. The number of aliphatic hydroxyl groups excluding tert-OH is 1. The van der Waals surface area contributed by atoms with E-state index in [4.69, 9.17) is 4.42 Å². The molecule has 4 heterocycles. The van der Waals surface area contributed by atoms with Crippen LogP contribution in [0, 0.1) is 0 Å². The van der Waals surface area contributed by atoms with Gasteiger partial charge >= 0.3 is 0 Å². The van der Waals surface area contributed by atoms with Crippen LogP contribution in [0.4, 0.5) is 0 Å². The number of likely N-dealkylation sites (tertiary alicyclic amines) is 1. The van der Waals surface area contributed by atoms with Crippen LogP contribution in [-0.4, -0.2) is 57.8 Å². The molecule has 1 saturated heterocycles. The van der Waals surface area contributed by atoms with Crippen molar-refractivity contribution in [3.05, 3.63) is 71.7 Å². The summed E-state index contributed by atoms with van der Waals surface area (Å²) in [6, 6.07) is 6.34. The first-order chi connectivity index (χ1) is 14.1. The lowest BCUT2D eigenvalue weighted by atomic mass is 9.96. The maximum Gasteiger partial charge on any atom is 0.290 e. The van der Waals surface area contributed by atoms with E-state index in [-0.39, 0.29) is 5.57 Å². The predicted molar refractivity (Wildman–Crippen MR) is 107 cm³/mol. The standard InChI is InChI=1S/C22H23N3O4/c26-18(6-5-17-4-3-15-29-17)19-20(16-7-9-23-10-8-16)25(22(28)21(19)27)14-13-24-11-1-2-12-24/h3-10,15,20,27H,1-2,11-14H2/b6-5+. The first kappa shape index (κ1) is 19.1. The molecule has 0 spiro atoms. The minimum atomic E-state index is -0.637. The summed E-state index contributed by atoms with van der Waals surface area (Å²) in [4.78, 5) is 33.7. The Balaban J connectivity index is 1.62. The largest absolute Gasteiger partial charge is 0.503 e. The number of furan rings is 1. The lowest BCUT2D eigenvalue weighted by Crippen LogP contribution is -2.37. The van der Waals surface area contributed by atoms with Gasteiger partial charge in [-0.15, -0.1) is 0 Å². The van der Waals surface area contributed by atoms with Crippen molar-refractivity contribution in [1.29, 1.82) is 0 Å². The molecule has 7 heteroatoms. The summed E-state index contributed by atoms with van der Waals surface area (Å²) < 4.78 is 5.21. The van der Waals surface area contributed by atoms with Gasteiger partial charge in [-0.1, -0.05) is 0 Å². The number of aromatic nitrogens is 1. The van der Waals surface area contributed by atoms with Gasteiger partial charge in [-0.3, -0.25) is 14.6 Å². The highest BCUT2D eigenvalue weighted by molar-refractivity contribution is 6.14. The van der Waals surface area contributed by atoms with Gasteiger partial charge in [0.2, 0.25) is 0 Å². The summed E-state index contributed by atoms with van der Waals surface area (Å²) in [6.45, 7) is 3.18. The maximum absolute atomic E-state index is 12.9. The quantitative estimate of drug-likeness (QED) is 0.728. The number of rotatable bonds is 7. The molecule has 7 nitrogen and oxygen atoms in total. The van der Waals surface area contributed by atoms with E-state index in [1.165, 1.54) is 18.4 Å². The zero-order valence-electron chi connectivity index (χ0n) is 16.0. The lowest BCUT2D eigenvalue weighted by Gasteiger charge is -2.28. The number of ketones is 1. The highest BCUT2D eigenvalue weighted by atomic mass is 16.3. The van der Waals surface area contributed by atoms with E-state index in [0.717, 1.165) is 31.5 Å². The fourth-order valence-electron chi connectivity index (χ4n) is 3.92. The number of hydrogen-bond acceptors (Lipinski definition) is 6. The Labute approximate surface area is 168 Å². The molecule has 2 aromatic rings. The molecule has 1 unspecified atom stereocenters. The molecule has 0 saturated carbocycles. The molecule has 4 rings (SSSR count). The second kappa shape index (κ2) is 8.45. The zero-order valence-corrected chi connectivity index (χ0v) is 16.0. The summed E-state index contributed by atoms with van der Waals surface area (Å²) in [6.07, 6.45) is 9.93. The number of hydrogen-bond donors (Lipinski definition) is 1.